The number of amides is 9. The number of Topliss-reactive ketones (excluding diaryl/α,β-unsaturated/α-hetero) is 1. The molecule has 2 fully saturated rings. The lowest BCUT2D eigenvalue weighted by Crippen LogP contribution is -2.46. The van der Waals surface area contributed by atoms with Crippen molar-refractivity contribution >= 4 is 71.3 Å². The standard InChI is InChI=1S/C61H91ClN8O14/c1-41(2)32-44(34-50(71)25-22-48(24-29-55(75)81-39-43-16-9-8-10-17-43)68-58(78)65-37-45(33-42(3)4)35-56(76)83-61(5,6)7)36-64-57(77)67-47(19-13-14-30-63-59(79)82-40-46-18-11-12-21-51(46)62)23-26-52(72)69-31-15-20-49(69)38-66-60(80)84-70-53(73)27-28-54(70)74/h8-12,16-18,21,41-42,44-45,47-49H,13-15,19-20,22-40H2,1-7H3,(H,63,79)(H,66,80)(H2,64,67,77)(H2,65,68,78)/t44-,45-,47+,48-,49+/m1/s1. The first-order chi connectivity index (χ1) is 39.9. The average molecular weight is 1200 g/mol. The van der Waals surface area contributed by atoms with E-state index in [0.29, 0.717) is 67.1 Å². The summed E-state index contributed by atoms with van der Waals surface area (Å²) >= 11 is 6.20. The van der Waals surface area contributed by atoms with Gasteiger partial charge in [0.2, 0.25) is 5.91 Å². The second kappa shape index (κ2) is 36.7. The molecule has 2 aromatic carbocycles. The summed E-state index contributed by atoms with van der Waals surface area (Å²) in [7, 11) is 0. The van der Waals surface area contributed by atoms with E-state index in [1.54, 1.807) is 49.9 Å². The lowest BCUT2D eigenvalue weighted by molar-refractivity contribution is -0.171. The molecule has 0 aromatic heterocycles. The predicted octanol–water partition coefficient (Wildman–Crippen LogP) is 8.95. The molecule has 466 valence electrons. The number of nitrogens with one attached hydrogen (secondary N) is 6. The third-order valence-electron chi connectivity index (χ3n) is 14.1. The smallest absolute Gasteiger partial charge is 0.432 e. The summed E-state index contributed by atoms with van der Waals surface area (Å²) in [5.74, 6) is -2.29. The molecule has 9 amide bonds. The van der Waals surface area contributed by atoms with Gasteiger partial charge in [0.15, 0.2) is 0 Å². The van der Waals surface area contributed by atoms with Crippen LogP contribution >= 0.6 is 11.6 Å². The molecule has 23 heteroatoms. The highest BCUT2D eigenvalue weighted by molar-refractivity contribution is 6.31. The van der Waals surface area contributed by atoms with Crippen molar-refractivity contribution in [3.8, 4) is 0 Å². The lowest BCUT2D eigenvalue weighted by Gasteiger charge is -2.26. The molecule has 0 saturated carbocycles. The van der Waals surface area contributed by atoms with Gasteiger partial charge in [-0.2, -0.15) is 0 Å². The first-order valence-corrected chi connectivity index (χ1v) is 30.1. The summed E-state index contributed by atoms with van der Waals surface area (Å²) in [6, 6.07) is 13.9. The Morgan fingerprint density at radius 2 is 1.25 bits per heavy atom. The van der Waals surface area contributed by atoms with Crippen molar-refractivity contribution in [1.82, 2.24) is 41.9 Å². The molecule has 0 spiro atoms. The van der Waals surface area contributed by atoms with E-state index >= 15 is 0 Å². The number of likely N-dealkylation sites (tertiary alicyclic amines) is 1. The van der Waals surface area contributed by atoms with Gasteiger partial charge in [-0.3, -0.25) is 28.8 Å². The van der Waals surface area contributed by atoms with Crippen LogP contribution in [0.5, 0.6) is 0 Å². The first-order valence-electron chi connectivity index (χ1n) is 29.7. The van der Waals surface area contributed by atoms with E-state index in [-0.39, 0.29) is 151 Å². The summed E-state index contributed by atoms with van der Waals surface area (Å²) in [4.78, 5) is 136. The Morgan fingerprint density at radius 1 is 0.655 bits per heavy atom. The van der Waals surface area contributed by atoms with Crippen molar-refractivity contribution in [1.29, 1.82) is 0 Å². The molecule has 2 aliphatic heterocycles. The number of benzene rings is 2. The summed E-state index contributed by atoms with van der Waals surface area (Å²) < 4.78 is 16.4. The fourth-order valence-electron chi connectivity index (χ4n) is 10.1. The number of halogens is 1. The van der Waals surface area contributed by atoms with Crippen LogP contribution in [0.4, 0.5) is 19.2 Å². The largest absolute Gasteiger partial charge is 0.461 e. The molecular weight excluding hydrogens is 1100 g/mol. The lowest BCUT2D eigenvalue weighted by atomic mass is 9.90. The Bertz CT molecular complexity index is 2460. The Labute approximate surface area is 500 Å². The van der Waals surface area contributed by atoms with Gasteiger partial charge in [-0.1, -0.05) is 87.8 Å². The number of alkyl carbamates (subject to hydrolysis) is 1. The summed E-state index contributed by atoms with van der Waals surface area (Å²) in [6.07, 6.45) is 3.58. The molecule has 84 heavy (non-hydrogen) atoms. The van der Waals surface area contributed by atoms with Crippen molar-refractivity contribution in [3.63, 3.8) is 0 Å². The van der Waals surface area contributed by atoms with E-state index in [4.69, 9.17) is 30.6 Å². The van der Waals surface area contributed by atoms with Crippen LogP contribution in [-0.2, 0) is 61.0 Å². The number of hydrogen-bond donors (Lipinski definition) is 6. The number of carbonyl (C=O) groups excluding carboxylic acids is 10. The number of rotatable bonds is 35. The third-order valence-corrected chi connectivity index (χ3v) is 14.5. The quantitative estimate of drug-likeness (QED) is 0.0163. The summed E-state index contributed by atoms with van der Waals surface area (Å²) in [6.45, 7) is 14.8. The van der Waals surface area contributed by atoms with E-state index in [2.05, 4.69) is 31.9 Å². The number of unbranched alkanes of at least 4 members (excludes halogenated alkanes) is 1. The molecule has 2 aliphatic rings. The van der Waals surface area contributed by atoms with E-state index in [1.807, 2.05) is 58.0 Å². The fraction of sp³-hybridized carbons (Fsp3) is 0.639. The number of esters is 2. The molecule has 0 aliphatic carbocycles. The second-order valence-corrected chi connectivity index (χ2v) is 24.1. The van der Waals surface area contributed by atoms with Crippen molar-refractivity contribution in [2.24, 2.45) is 23.7 Å². The molecule has 0 unspecified atom stereocenters. The van der Waals surface area contributed by atoms with E-state index < -0.39 is 59.7 Å². The van der Waals surface area contributed by atoms with E-state index in [1.165, 1.54) is 0 Å². The van der Waals surface area contributed by atoms with Crippen LogP contribution < -0.4 is 31.9 Å². The number of ketones is 1. The van der Waals surface area contributed by atoms with Crippen LogP contribution in [-0.4, -0.2) is 126 Å². The molecule has 5 atom stereocenters. The van der Waals surface area contributed by atoms with Crippen LogP contribution in [0.1, 0.15) is 169 Å². The number of urea groups is 2. The minimum atomic E-state index is -0.980. The number of hydrogen-bond acceptors (Lipinski definition) is 14. The first kappa shape index (κ1) is 69.5. The molecule has 0 bridgehead atoms. The van der Waals surface area contributed by atoms with Gasteiger partial charge >= 0.3 is 36.2 Å². The van der Waals surface area contributed by atoms with Gasteiger partial charge in [0.05, 0.1) is 6.42 Å². The third kappa shape index (κ3) is 28.5. The predicted molar refractivity (Wildman–Crippen MR) is 314 cm³/mol. The summed E-state index contributed by atoms with van der Waals surface area (Å²) in [5.41, 5.74) is 0.844. The number of imide groups is 1. The van der Waals surface area contributed by atoms with Gasteiger partial charge in [0.1, 0.15) is 24.6 Å². The summed E-state index contributed by atoms with van der Waals surface area (Å²) in [5, 5.41) is 18.1. The maximum Gasteiger partial charge on any atom is 0.432 e. The zero-order chi connectivity index (χ0) is 61.6. The van der Waals surface area contributed by atoms with Gasteiger partial charge in [-0.15, -0.1) is 5.06 Å². The fourth-order valence-corrected chi connectivity index (χ4v) is 10.3. The molecule has 2 saturated heterocycles. The van der Waals surface area contributed by atoms with Gasteiger partial charge in [-0.25, -0.2) is 19.2 Å². The Balaban J connectivity index is 1.35. The maximum atomic E-state index is 13.8. The van der Waals surface area contributed by atoms with Crippen LogP contribution in [0.15, 0.2) is 54.6 Å². The van der Waals surface area contributed by atoms with Crippen LogP contribution in [0.3, 0.4) is 0 Å². The minimum absolute atomic E-state index is 0.000135. The monoisotopic (exact) mass is 1190 g/mol. The topological polar surface area (TPSA) is 286 Å². The molecule has 6 N–H and O–H groups in total. The normalized spacial score (nSPS) is 15.6. The molecule has 2 aromatic rings. The Kier molecular flexibility index (Phi) is 30.4. The zero-order valence-electron chi connectivity index (χ0n) is 50.2. The molecule has 4 rings (SSSR count). The van der Waals surface area contributed by atoms with Gasteiger partial charge in [-0.05, 0) is 120 Å². The highest BCUT2D eigenvalue weighted by Crippen LogP contribution is 2.23. The SMILES string of the molecule is CC(C)C[C@@H](CNC(=O)N[C@@H](CCCCNC(=O)OCc1ccccc1Cl)CCC(=O)N1CCC[C@H]1CNC(=O)ON1C(=O)CCC1=O)CC(=O)CC[C@H](CCC(=O)OCc1ccccc1)NC(=O)NC[C@@H](CC(=O)OC(C)(C)C)CC(C)C. The highest BCUT2D eigenvalue weighted by atomic mass is 35.5. The number of carbonyl (C=O) groups is 10. The molecular formula is C61H91ClN8O14. The maximum absolute atomic E-state index is 13.8. The van der Waals surface area contributed by atoms with Crippen molar-refractivity contribution in [3.05, 3.63) is 70.7 Å². The van der Waals surface area contributed by atoms with Crippen LogP contribution in [0, 0.1) is 23.7 Å². The number of ether oxygens (including phenoxy) is 3. The van der Waals surface area contributed by atoms with E-state index in [9.17, 15) is 47.9 Å². The second-order valence-electron chi connectivity index (χ2n) is 23.7. The molecule has 22 nitrogen and oxygen atoms in total. The van der Waals surface area contributed by atoms with Crippen LogP contribution in [0.2, 0.25) is 5.02 Å². The van der Waals surface area contributed by atoms with Gasteiger partial charge < -0.3 is 55.8 Å². The number of nitrogens with zero attached hydrogens (tertiary/aromatic N) is 2. The number of hydroxylamine groups is 2. The zero-order valence-corrected chi connectivity index (χ0v) is 51.0. The molecule has 2 heterocycles. The van der Waals surface area contributed by atoms with Crippen molar-refractivity contribution in [2.45, 2.75) is 195 Å². The Hall–Kier alpha value is -6.97. The van der Waals surface area contributed by atoms with Gasteiger partial charge in [0.25, 0.3) is 11.8 Å². The molecule has 0 radical (unpaired) electrons. The van der Waals surface area contributed by atoms with Gasteiger partial charge in [0, 0.05) is 100.0 Å². The Morgan fingerprint density at radius 3 is 1.88 bits per heavy atom. The highest BCUT2D eigenvalue weighted by Gasteiger charge is 2.34. The van der Waals surface area contributed by atoms with Crippen molar-refractivity contribution < 1.29 is 67.0 Å². The average Bonchev–Trinajstić information content (AvgIpc) is 4.29. The van der Waals surface area contributed by atoms with Crippen molar-refractivity contribution in [2.75, 3.05) is 32.7 Å². The minimum Gasteiger partial charge on any atom is -0.461 e. The van der Waals surface area contributed by atoms with Crippen LogP contribution in [0.25, 0.3) is 0 Å². The van der Waals surface area contributed by atoms with E-state index in [0.717, 1.165) is 5.56 Å².